The lowest BCUT2D eigenvalue weighted by atomic mass is 9.84. The average Bonchev–Trinajstić information content (AvgIpc) is 3.00. The zero-order valence-corrected chi connectivity index (χ0v) is 24.6. The molecule has 0 unspecified atom stereocenters. The zero-order chi connectivity index (χ0) is 33.4. The molecule has 1 aromatic heterocycles. The number of morpholine rings is 1. The molecule has 1 aliphatic heterocycles. The summed E-state index contributed by atoms with van der Waals surface area (Å²) in [7, 11) is 0. The van der Waals surface area contributed by atoms with E-state index in [-0.39, 0.29) is 30.8 Å². The fourth-order valence-electron chi connectivity index (χ4n) is 5.20. The minimum absolute atomic E-state index is 0.139. The third-order valence-electron chi connectivity index (χ3n) is 7.54. The van der Waals surface area contributed by atoms with Gasteiger partial charge < -0.3 is 31.2 Å². The highest BCUT2D eigenvalue weighted by atomic mass is 19.4. The Hall–Kier alpha value is -4.37. The summed E-state index contributed by atoms with van der Waals surface area (Å²) in [6, 6.07) is 9.13. The highest BCUT2D eigenvalue weighted by molar-refractivity contribution is 5.85. The van der Waals surface area contributed by atoms with Gasteiger partial charge in [0.05, 0.1) is 36.3 Å². The van der Waals surface area contributed by atoms with Crippen LogP contribution in [0.2, 0.25) is 0 Å². The molecule has 1 saturated heterocycles. The van der Waals surface area contributed by atoms with Crippen LogP contribution in [0.4, 0.5) is 36.8 Å². The number of anilines is 1. The number of nitrogens with two attached hydrogens (primary N) is 1. The predicted octanol–water partition coefficient (Wildman–Crippen LogP) is 4.56. The van der Waals surface area contributed by atoms with Crippen molar-refractivity contribution in [3.8, 4) is 0 Å². The van der Waals surface area contributed by atoms with Gasteiger partial charge in [-0.1, -0.05) is 24.3 Å². The molecule has 4 rings (SSSR count). The van der Waals surface area contributed by atoms with E-state index >= 15 is 4.39 Å². The van der Waals surface area contributed by atoms with Gasteiger partial charge in [0, 0.05) is 18.0 Å². The molecular weight excluding hydrogens is 620 g/mol. The summed E-state index contributed by atoms with van der Waals surface area (Å²) in [5, 5.41) is 7.77. The van der Waals surface area contributed by atoms with E-state index in [0.29, 0.717) is 17.5 Å². The maximum absolute atomic E-state index is 15.2. The number of pyridine rings is 1. The number of aromatic nitrogens is 1. The van der Waals surface area contributed by atoms with Gasteiger partial charge >= 0.3 is 12.3 Å². The number of alkyl carbamates (subject to hydrolysis) is 1. The largest absolute Gasteiger partial charge is 0.448 e. The first kappa shape index (κ1) is 34.5. The summed E-state index contributed by atoms with van der Waals surface area (Å²) < 4.78 is 90.4. The summed E-state index contributed by atoms with van der Waals surface area (Å²) in [6.45, 7) is 0.227. The number of ether oxygens (including phenoxy) is 2. The number of benzene rings is 2. The monoisotopic (exact) mass is 653 g/mol. The maximum atomic E-state index is 15.2. The number of hydrogen-bond acceptors (Lipinski definition) is 7. The van der Waals surface area contributed by atoms with E-state index in [4.69, 9.17) is 15.2 Å². The molecule has 5 N–H and O–H groups in total. The van der Waals surface area contributed by atoms with Crippen molar-refractivity contribution in [2.24, 2.45) is 5.73 Å². The molecule has 248 valence electrons. The number of primary amides is 1. The van der Waals surface area contributed by atoms with Gasteiger partial charge in [-0.15, -0.1) is 0 Å². The van der Waals surface area contributed by atoms with E-state index in [1.54, 1.807) is 12.2 Å². The maximum Gasteiger partial charge on any atom is 0.407 e. The Bertz CT molecular complexity index is 1430. The van der Waals surface area contributed by atoms with E-state index in [0.717, 1.165) is 6.20 Å². The van der Waals surface area contributed by atoms with Crippen LogP contribution in [0.1, 0.15) is 36.0 Å². The highest BCUT2D eigenvalue weighted by Crippen LogP contribution is 2.32. The number of rotatable bonds is 12. The lowest BCUT2D eigenvalue weighted by molar-refractivity contribution is -0.124. The number of nitrogens with zero attached hydrogens (tertiary/aromatic N) is 1. The number of hydrogen-bond donors (Lipinski definition) is 4. The number of carbonyl (C=O) groups excluding carboxylic acids is 2. The first-order chi connectivity index (χ1) is 21.8. The minimum atomic E-state index is -4.57. The normalized spacial score (nSPS) is 19.0. The molecule has 0 spiro atoms. The van der Waals surface area contributed by atoms with Crippen molar-refractivity contribution in [3.63, 3.8) is 0 Å². The second-order valence-corrected chi connectivity index (χ2v) is 10.8. The summed E-state index contributed by atoms with van der Waals surface area (Å²) in [5.41, 5.74) is 7.21. The van der Waals surface area contributed by atoms with Gasteiger partial charge in [0.1, 0.15) is 36.6 Å². The first-order valence-corrected chi connectivity index (χ1v) is 14.4. The second-order valence-electron chi connectivity index (χ2n) is 10.8. The number of alkyl halides is 3. The molecular formula is C31H33F6N5O4. The first-order valence-electron chi connectivity index (χ1n) is 14.4. The van der Waals surface area contributed by atoms with Crippen LogP contribution in [0.25, 0.3) is 0 Å². The topological polar surface area (TPSA) is 128 Å². The minimum Gasteiger partial charge on any atom is -0.448 e. The third-order valence-corrected chi connectivity index (χ3v) is 7.54. The van der Waals surface area contributed by atoms with Gasteiger partial charge in [-0.2, -0.15) is 13.2 Å². The quantitative estimate of drug-likeness (QED) is 0.211. The molecule has 3 aromatic rings. The van der Waals surface area contributed by atoms with Gasteiger partial charge in [-0.25, -0.2) is 18.0 Å². The Morgan fingerprint density at radius 2 is 1.65 bits per heavy atom. The van der Waals surface area contributed by atoms with E-state index in [9.17, 15) is 31.5 Å². The van der Waals surface area contributed by atoms with Crippen molar-refractivity contribution in [1.29, 1.82) is 0 Å². The molecule has 0 bridgehead atoms. The summed E-state index contributed by atoms with van der Waals surface area (Å²) in [5.74, 6) is -3.26. The van der Waals surface area contributed by atoms with Crippen LogP contribution in [0.15, 0.2) is 60.9 Å². The van der Waals surface area contributed by atoms with Gasteiger partial charge in [0.25, 0.3) is 0 Å². The zero-order valence-electron chi connectivity index (χ0n) is 24.6. The van der Waals surface area contributed by atoms with Gasteiger partial charge in [-0.05, 0) is 55.2 Å². The van der Waals surface area contributed by atoms with Gasteiger partial charge in [0.2, 0.25) is 5.91 Å². The molecule has 15 heteroatoms. The Balaban J connectivity index is 1.44. The molecule has 1 fully saturated rings. The van der Waals surface area contributed by atoms with Crippen molar-refractivity contribution in [1.82, 2.24) is 15.6 Å². The molecule has 2 aromatic carbocycles. The van der Waals surface area contributed by atoms with Crippen molar-refractivity contribution >= 4 is 17.7 Å². The fourth-order valence-corrected chi connectivity index (χ4v) is 5.20. The van der Waals surface area contributed by atoms with Crippen LogP contribution < -0.4 is 21.7 Å². The van der Waals surface area contributed by atoms with Crippen molar-refractivity contribution in [3.05, 3.63) is 95.1 Å². The molecule has 4 atom stereocenters. The molecule has 2 heterocycles. The standard InChI is InChI=1S/C31H33F6N5O4/c1-17-26(15-45-30(44)41-16-31(35,36)37)40-12-22(46-17)10-11-23-24(34)13-39-14-25(23)42-28(29(38)43)27(18-2-6-20(32)7-3-18)19-4-8-21(33)9-5-19/h2-9,13-14,17,22,26-28,40,42H,10-12,15-16H2,1H3,(H2,38,43)(H,41,44)/t17-,22-,26-,28+/m1/s1. The highest BCUT2D eigenvalue weighted by Gasteiger charge is 2.33. The summed E-state index contributed by atoms with van der Waals surface area (Å²) in [6.07, 6.45) is -3.87. The van der Waals surface area contributed by atoms with Crippen molar-refractivity contribution in [2.75, 3.05) is 25.0 Å². The van der Waals surface area contributed by atoms with Gasteiger partial charge in [-0.3, -0.25) is 9.78 Å². The molecule has 9 nitrogen and oxygen atoms in total. The number of amides is 2. The lowest BCUT2D eigenvalue weighted by Gasteiger charge is -2.35. The van der Waals surface area contributed by atoms with Crippen LogP contribution in [0.3, 0.4) is 0 Å². The predicted molar refractivity (Wildman–Crippen MR) is 155 cm³/mol. The Kier molecular flexibility index (Phi) is 11.5. The second kappa shape index (κ2) is 15.3. The third kappa shape index (κ3) is 9.57. The van der Waals surface area contributed by atoms with Crippen LogP contribution in [-0.2, 0) is 20.7 Å². The van der Waals surface area contributed by atoms with E-state index in [1.165, 1.54) is 54.7 Å². The van der Waals surface area contributed by atoms with Crippen LogP contribution in [-0.4, -0.2) is 67.1 Å². The SMILES string of the molecule is C[C@H]1O[C@H](CCc2c(F)cncc2N[C@H](C(N)=O)C(c2ccc(F)cc2)c2ccc(F)cc2)CN[C@@H]1COC(=O)NCC(F)(F)F. The molecule has 46 heavy (non-hydrogen) atoms. The smallest absolute Gasteiger partial charge is 0.407 e. The summed E-state index contributed by atoms with van der Waals surface area (Å²) in [4.78, 5) is 28.3. The van der Waals surface area contributed by atoms with Crippen molar-refractivity contribution < 1.29 is 45.4 Å². The Labute approximate surface area is 260 Å². The number of carbonyl (C=O) groups is 2. The molecule has 2 amide bonds. The lowest BCUT2D eigenvalue weighted by Crippen LogP contribution is -2.54. The van der Waals surface area contributed by atoms with E-state index < -0.39 is 72.4 Å². The van der Waals surface area contributed by atoms with Crippen LogP contribution >= 0.6 is 0 Å². The van der Waals surface area contributed by atoms with Crippen LogP contribution in [0.5, 0.6) is 0 Å². The van der Waals surface area contributed by atoms with E-state index in [1.807, 2.05) is 0 Å². The van der Waals surface area contributed by atoms with Crippen LogP contribution in [0, 0.1) is 17.5 Å². The summed E-state index contributed by atoms with van der Waals surface area (Å²) >= 11 is 0. The van der Waals surface area contributed by atoms with Crippen molar-refractivity contribution in [2.45, 2.75) is 56.2 Å². The molecule has 0 saturated carbocycles. The Morgan fingerprint density at radius 3 is 2.20 bits per heavy atom. The molecule has 0 aliphatic carbocycles. The van der Waals surface area contributed by atoms with Gasteiger partial charge in [0.15, 0.2) is 0 Å². The van der Waals surface area contributed by atoms with E-state index in [2.05, 4.69) is 15.6 Å². The fraction of sp³-hybridized carbons (Fsp3) is 0.387. The number of halogens is 6. The number of nitrogens with one attached hydrogen (secondary N) is 3. The average molecular weight is 654 g/mol. The molecule has 1 aliphatic rings. The molecule has 0 radical (unpaired) electrons. The Morgan fingerprint density at radius 1 is 1.04 bits per heavy atom.